The molecule has 0 saturated carbocycles. The maximum Gasteiger partial charge on any atom is 0.133 e. The zero-order valence-electron chi connectivity index (χ0n) is 12.5. The van der Waals surface area contributed by atoms with Gasteiger partial charge in [-0.3, -0.25) is 4.68 Å². The van der Waals surface area contributed by atoms with Gasteiger partial charge in [0.2, 0.25) is 0 Å². The number of oxime groups is 1. The lowest BCUT2D eigenvalue weighted by molar-refractivity contribution is 0.302. The van der Waals surface area contributed by atoms with Crippen LogP contribution in [0.15, 0.2) is 23.4 Å². The number of nitrogens with zero attached hydrogens (tertiary/aromatic N) is 3. The Bertz CT molecular complexity index is 692. The van der Waals surface area contributed by atoms with Crippen molar-refractivity contribution in [3.05, 3.63) is 45.7 Å². The molecule has 0 fully saturated rings. The van der Waals surface area contributed by atoms with E-state index in [1.807, 2.05) is 32.0 Å². The summed E-state index contributed by atoms with van der Waals surface area (Å²) in [6.45, 7) is 5.90. The summed E-state index contributed by atoms with van der Waals surface area (Å²) in [4.78, 5) is 0. The molecule has 0 amide bonds. The van der Waals surface area contributed by atoms with Gasteiger partial charge < -0.3 is 9.94 Å². The van der Waals surface area contributed by atoms with Crippen molar-refractivity contribution >= 4 is 17.3 Å². The highest BCUT2D eigenvalue weighted by Crippen LogP contribution is 2.25. The molecule has 2 rings (SSSR count). The van der Waals surface area contributed by atoms with Gasteiger partial charge in [0, 0.05) is 18.2 Å². The highest BCUT2D eigenvalue weighted by molar-refractivity contribution is 6.30. The van der Waals surface area contributed by atoms with Gasteiger partial charge in [0.05, 0.1) is 11.4 Å². The summed E-state index contributed by atoms with van der Waals surface area (Å²) >= 11 is 6.20. The second-order valence-electron chi connectivity index (χ2n) is 4.95. The molecule has 112 valence electrons. The van der Waals surface area contributed by atoms with Crippen molar-refractivity contribution in [1.82, 2.24) is 9.78 Å². The fourth-order valence-electron chi connectivity index (χ4n) is 2.09. The summed E-state index contributed by atoms with van der Waals surface area (Å²) < 4.78 is 7.49. The smallest absolute Gasteiger partial charge is 0.133 e. The van der Waals surface area contributed by atoms with E-state index < -0.39 is 0 Å². The first-order valence-corrected chi connectivity index (χ1v) is 6.92. The summed E-state index contributed by atoms with van der Waals surface area (Å²) in [6, 6.07) is 5.72. The lowest BCUT2D eigenvalue weighted by Crippen LogP contribution is -2.03. The molecule has 0 bridgehead atoms. The van der Waals surface area contributed by atoms with Gasteiger partial charge in [-0.25, -0.2) is 0 Å². The predicted molar refractivity (Wildman–Crippen MR) is 82.5 cm³/mol. The maximum absolute atomic E-state index is 8.96. The SMILES string of the molecule is C/C(=N/O)c1ccc(C)cc1OCc1c(C)nn(C)c1Cl. The van der Waals surface area contributed by atoms with Crippen LogP contribution >= 0.6 is 11.6 Å². The van der Waals surface area contributed by atoms with Gasteiger partial charge in [-0.2, -0.15) is 5.10 Å². The second kappa shape index (κ2) is 6.18. The van der Waals surface area contributed by atoms with Crippen molar-refractivity contribution < 1.29 is 9.94 Å². The van der Waals surface area contributed by atoms with Crippen molar-refractivity contribution in [3.8, 4) is 5.75 Å². The summed E-state index contributed by atoms with van der Waals surface area (Å²) in [7, 11) is 1.79. The molecule has 0 unspecified atom stereocenters. The Morgan fingerprint density at radius 1 is 1.43 bits per heavy atom. The van der Waals surface area contributed by atoms with Gasteiger partial charge in [-0.1, -0.05) is 22.8 Å². The van der Waals surface area contributed by atoms with Crippen LogP contribution in [0.3, 0.4) is 0 Å². The van der Waals surface area contributed by atoms with Crippen molar-refractivity contribution in [2.45, 2.75) is 27.4 Å². The third-order valence-corrected chi connectivity index (χ3v) is 3.79. The van der Waals surface area contributed by atoms with Crippen LogP contribution in [0.2, 0.25) is 5.15 Å². The molecule has 5 nitrogen and oxygen atoms in total. The standard InChI is InChI=1S/C15H18ClN3O2/c1-9-5-6-12(11(3)18-20)14(7-9)21-8-13-10(2)17-19(4)15(13)16/h5-7,20H,8H2,1-4H3/b18-11-. The van der Waals surface area contributed by atoms with E-state index in [4.69, 9.17) is 21.5 Å². The molecule has 0 atom stereocenters. The van der Waals surface area contributed by atoms with Gasteiger partial charge in [-0.05, 0) is 38.5 Å². The third kappa shape index (κ3) is 3.19. The van der Waals surface area contributed by atoms with Crippen LogP contribution in [0.1, 0.15) is 29.3 Å². The predicted octanol–water partition coefficient (Wildman–Crippen LogP) is 3.47. The molecule has 0 aliphatic heterocycles. The summed E-state index contributed by atoms with van der Waals surface area (Å²) in [5.41, 5.74) is 4.00. The maximum atomic E-state index is 8.96. The average molecular weight is 308 g/mol. The molecule has 21 heavy (non-hydrogen) atoms. The van der Waals surface area contributed by atoms with E-state index >= 15 is 0 Å². The number of hydrogen-bond donors (Lipinski definition) is 1. The quantitative estimate of drug-likeness (QED) is 0.534. The molecule has 1 aromatic heterocycles. The number of aryl methyl sites for hydroxylation is 3. The first-order valence-electron chi connectivity index (χ1n) is 6.54. The third-order valence-electron chi connectivity index (χ3n) is 3.32. The van der Waals surface area contributed by atoms with E-state index in [9.17, 15) is 0 Å². The van der Waals surface area contributed by atoms with Crippen molar-refractivity contribution in [1.29, 1.82) is 0 Å². The summed E-state index contributed by atoms with van der Waals surface area (Å²) in [5.74, 6) is 0.657. The first kappa shape index (κ1) is 15.4. The summed E-state index contributed by atoms with van der Waals surface area (Å²) in [6.07, 6.45) is 0. The fraction of sp³-hybridized carbons (Fsp3) is 0.333. The lowest BCUT2D eigenvalue weighted by atomic mass is 10.1. The molecular weight excluding hydrogens is 290 g/mol. The van der Waals surface area contributed by atoms with Gasteiger partial charge in [-0.15, -0.1) is 0 Å². The second-order valence-corrected chi connectivity index (χ2v) is 5.31. The van der Waals surface area contributed by atoms with E-state index in [1.54, 1.807) is 18.7 Å². The molecule has 0 spiro atoms. The molecule has 2 aromatic rings. The zero-order chi connectivity index (χ0) is 15.6. The van der Waals surface area contributed by atoms with E-state index in [-0.39, 0.29) is 0 Å². The van der Waals surface area contributed by atoms with Crippen LogP contribution < -0.4 is 4.74 Å². The van der Waals surface area contributed by atoms with Crippen molar-refractivity contribution in [3.63, 3.8) is 0 Å². The van der Waals surface area contributed by atoms with E-state index in [0.717, 1.165) is 22.4 Å². The largest absolute Gasteiger partial charge is 0.488 e. The fourth-order valence-corrected chi connectivity index (χ4v) is 2.32. The van der Waals surface area contributed by atoms with Crippen LogP contribution in [0.4, 0.5) is 0 Å². The first-order chi connectivity index (χ1) is 9.93. The molecule has 0 aliphatic rings. The zero-order valence-corrected chi connectivity index (χ0v) is 13.3. The molecule has 0 saturated heterocycles. The lowest BCUT2D eigenvalue weighted by Gasteiger charge is -2.12. The molecule has 1 aromatic carbocycles. The Hall–Kier alpha value is -2.01. The minimum Gasteiger partial charge on any atom is -0.488 e. The molecule has 0 radical (unpaired) electrons. The van der Waals surface area contributed by atoms with Crippen LogP contribution in [-0.4, -0.2) is 20.7 Å². The molecule has 1 N–H and O–H groups in total. The van der Waals surface area contributed by atoms with Gasteiger partial charge in [0.1, 0.15) is 17.5 Å². The van der Waals surface area contributed by atoms with Gasteiger partial charge in [0.25, 0.3) is 0 Å². The number of ether oxygens (including phenoxy) is 1. The minimum atomic E-state index is 0.313. The van der Waals surface area contributed by atoms with Crippen LogP contribution in [0.25, 0.3) is 0 Å². The van der Waals surface area contributed by atoms with Gasteiger partial charge in [0.15, 0.2) is 0 Å². The Morgan fingerprint density at radius 2 is 2.14 bits per heavy atom. The van der Waals surface area contributed by atoms with Gasteiger partial charge >= 0.3 is 0 Å². The number of aromatic nitrogens is 2. The van der Waals surface area contributed by atoms with Crippen molar-refractivity contribution in [2.75, 3.05) is 0 Å². The van der Waals surface area contributed by atoms with E-state index in [1.165, 1.54) is 0 Å². The Balaban J connectivity index is 2.29. The summed E-state index contributed by atoms with van der Waals surface area (Å²) in [5, 5.41) is 17.0. The number of benzene rings is 1. The van der Waals surface area contributed by atoms with Crippen LogP contribution in [-0.2, 0) is 13.7 Å². The number of rotatable bonds is 4. The Morgan fingerprint density at radius 3 is 2.71 bits per heavy atom. The Labute approximate surface area is 128 Å². The monoisotopic (exact) mass is 307 g/mol. The van der Waals surface area contributed by atoms with E-state index in [2.05, 4.69) is 10.3 Å². The van der Waals surface area contributed by atoms with Crippen LogP contribution in [0, 0.1) is 13.8 Å². The minimum absolute atomic E-state index is 0.313. The Kier molecular flexibility index (Phi) is 4.53. The number of hydrogen-bond acceptors (Lipinski definition) is 4. The van der Waals surface area contributed by atoms with E-state index in [0.29, 0.717) is 23.2 Å². The molecule has 0 aliphatic carbocycles. The molecular formula is C15H18ClN3O2. The van der Waals surface area contributed by atoms with Crippen LogP contribution in [0.5, 0.6) is 5.75 Å². The molecule has 1 heterocycles. The normalized spacial score (nSPS) is 11.8. The average Bonchev–Trinajstić information content (AvgIpc) is 2.69. The number of halogens is 1. The van der Waals surface area contributed by atoms with Crippen molar-refractivity contribution in [2.24, 2.45) is 12.2 Å². The highest BCUT2D eigenvalue weighted by atomic mass is 35.5. The topological polar surface area (TPSA) is 59.6 Å². The molecule has 6 heteroatoms. The highest BCUT2D eigenvalue weighted by Gasteiger charge is 2.14.